The van der Waals surface area contributed by atoms with E-state index in [-0.39, 0.29) is 30.7 Å². The summed E-state index contributed by atoms with van der Waals surface area (Å²) >= 11 is 2.22. The van der Waals surface area contributed by atoms with E-state index in [1.54, 1.807) is 19.2 Å². The number of hydrogen-bond acceptors (Lipinski definition) is 7. The van der Waals surface area contributed by atoms with Gasteiger partial charge in [-0.15, -0.1) is 0 Å². The van der Waals surface area contributed by atoms with Crippen molar-refractivity contribution in [2.45, 2.75) is 0 Å². The third-order valence-corrected chi connectivity index (χ3v) is 4.29. The molecule has 0 bridgehead atoms. The number of anilines is 1. The minimum absolute atomic E-state index is 0.0465. The molecule has 140 valence electrons. The van der Waals surface area contributed by atoms with E-state index in [1.807, 2.05) is 36.4 Å². The summed E-state index contributed by atoms with van der Waals surface area (Å²) < 4.78 is 17.8. The summed E-state index contributed by atoms with van der Waals surface area (Å²) in [4.78, 5) is 8.78. The molecule has 0 amide bonds. The molecule has 1 aromatic heterocycles. The molecule has 3 rings (SSSR count). The topological polar surface area (TPSA) is 99.7 Å². The molecule has 0 atom stereocenters. The fraction of sp³-hybridized carbons (Fsp3) is 0.158. The van der Waals surface area contributed by atoms with Crippen LogP contribution in [-0.4, -0.2) is 35.4 Å². The molecule has 2 aromatic carbocycles. The van der Waals surface area contributed by atoms with Gasteiger partial charge in [-0.1, -0.05) is 24.3 Å². The lowest BCUT2D eigenvalue weighted by Gasteiger charge is -2.15. The smallest absolute Gasteiger partial charge is 0.263 e. The number of methoxy groups -OCH3 is 1. The van der Waals surface area contributed by atoms with Gasteiger partial charge in [0, 0.05) is 9.13 Å². The van der Waals surface area contributed by atoms with Crippen LogP contribution in [0.3, 0.4) is 0 Å². The molecule has 8 heteroatoms. The third-order valence-electron chi connectivity index (χ3n) is 3.57. The standard InChI is InChI=1S/C19H18IN3O4/c1-25-14-4-2-3-5-15(14)27-16-17(21)22-18(23-19(16)26-11-10-24)12-6-8-13(20)9-7-12/h2-9,24H,10-11H2,1H3,(H2,21,22,23). The van der Waals surface area contributed by atoms with Crippen LogP contribution < -0.4 is 19.9 Å². The summed E-state index contributed by atoms with van der Waals surface area (Å²) in [6, 6.07) is 14.8. The Hall–Kier alpha value is -2.59. The molecule has 0 radical (unpaired) electrons. The number of para-hydroxylation sites is 2. The number of nitrogens with two attached hydrogens (primary N) is 1. The minimum Gasteiger partial charge on any atom is -0.493 e. The Morgan fingerprint density at radius 1 is 1.04 bits per heavy atom. The van der Waals surface area contributed by atoms with Gasteiger partial charge < -0.3 is 25.1 Å². The van der Waals surface area contributed by atoms with Crippen molar-refractivity contribution in [3.05, 3.63) is 52.1 Å². The Bertz CT molecular complexity index is 919. The van der Waals surface area contributed by atoms with Crippen molar-refractivity contribution in [2.24, 2.45) is 0 Å². The summed E-state index contributed by atoms with van der Waals surface area (Å²) in [5.74, 6) is 1.83. The van der Waals surface area contributed by atoms with Gasteiger partial charge in [-0.3, -0.25) is 0 Å². The highest BCUT2D eigenvalue weighted by molar-refractivity contribution is 14.1. The predicted octanol–water partition coefficient (Wildman–Crippen LogP) is 3.50. The molecule has 0 aliphatic carbocycles. The van der Waals surface area contributed by atoms with Gasteiger partial charge >= 0.3 is 0 Å². The summed E-state index contributed by atoms with van der Waals surface area (Å²) in [5.41, 5.74) is 6.93. The van der Waals surface area contributed by atoms with E-state index in [4.69, 9.17) is 25.1 Å². The number of ether oxygens (including phenoxy) is 3. The van der Waals surface area contributed by atoms with Gasteiger partial charge in [0.1, 0.15) is 6.61 Å². The molecular formula is C19H18IN3O4. The lowest BCUT2D eigenvalue weighted by molar-refractivity contribution is 0.192. The van der Waals surface area contributed by atoms with Crippen LogP contribution in [0.1, 0.15) is 0 Å². The predicted molar refractivity (Wildman–Crippen MR) is 110 cm³/mol. The molecule has 27 heavy (non-hydrogen) atoms. The van der Waals surface area contributed by atoms with Gasteiger partial charge in [-0.2, -0.15) is 4.98 Å². The van der Waals surface area contributed by atoms with E-state index in [0.717, 1.165) is 9.13 Å². The molecule has 7 nitrogen and oxygen atoms in total. The van der Waals surface area contributed by atoms with Gasteiger partial charge in [0.05, 0.1) is 13.7 Å². The van der Waals surface area contributed by atoms with Crippen molar-refractivity contribution in [3.8, 4) is 34.5 Å². The number of nitrogens with zero attached hydrogens (tertiary/aromatic N) is 2. The largest absolute Gasteiger partial charge is 0.493 e. The van der Waals surface area contributed by atoms with Gasteiger partial charge in [-0.05, 0) is 46.9 Å². The number of nitrogen functional groups attached to an aromatic ring is 1. The lowest BCUT2D eigenvalue weighted by Crippen LogP contribution is -2.08. The first-order valence-corrected chi connectivity index (χ1v) is 9.18. The Kier molecular flexibility index (Phi) is 6.30. The monoisotopic (exact) mass is 479 g/mol. The number of aliphatic hydroxyl groups excluding tert-OH is 1. The van der Waals surface area contributed by atoms with Crippen molar-refractivity contribution in [3.63, 3.8) is 0 Å². The van der Waals surface area contributed by atoms with Crippen LogP contribution in [-0.2, 0) is 0 Å². The molecule has 0 aliphatic rings. The lowest BCUT2D eigenvalue weighted by atomic mass is 10.2. The number of benzene rings is 2. The average Bonchev–Trinajstić information content (AvgIpc) is 2.69. The number of aromatic nitrogens is 2. The first kappa shape index (κ1) is 19.2. The summed E-state index contributed by atoms with van der Waals surface area (Å²) in [6.07, 6.45) is 0. The molecule has 0 aliphatic heterocycles. The van der Waals surface area contributed by atoms with Crippen LogP contribution in [0.25, 0.3) is 11.4 Å². The highest BCUT2D eigenvalue weighted by Crippen LogP contribution is 2.39. The van der Waals surface area contributed by atoms with Crippen LogP contribution in [0, 0.1) is 3.57 Å². The number of rotatable bonds is 7. The van der Waals surface area contributed by atoms with Crippen LogP contribution in [0.5, 0.6) is 23.1 Å². The number of halogens is 1. The zero-order valence-electron chi connectivity index (χ0n) is 14.6. The molecule has 0 saturated carbocycles. The van der Waals surface area contributed by atoms with Gasteiger partial charge in [0.2, 0.25) is 5.75 Å². The first-order chi connectivity index (χ1) is 13.1. The molecule has 0 saturated heterocycles. The summed E-state index contributed by atoms with van der Waals surface area (Å²) in [5, 5.41) is 9.12. The Morgan fingerprint density at radius 2 is 1.74 bits per heavy atom. The van der Waals surface area contributed by atoms with E-state index in [9.17, 15) is 0 Å². The van der Waals surface area contributed by atoms with Crippen molar-refractivity contribution in [1.29, 1.82) is 0 Å². The van der Waals surface area contributed by atoms with Crippen molar-refractivity contribution < 1.29 is 19.3 Å². The SMILES string of the molecule is COc1ccccc1Oc1c(N)nc(-c2ccc(I)cc2)nc1OCCO. The molecule has 0 unspecified atom stereocenters. The van der Waals surface area contributed by atoms with Crippen molar-refractivity contribution in [2.75, 3.05) is 26.1 Å². The Morgan fingerprint density at radius 3 is 2.41 bits per heavy atom. The van der Waals surface area contributed by atoms with Gasteiger partial charge in [0.15, 0.2) is 23.1 Å². The highest BCUT2D eigenvalue weighted by Gasteiger charge is 2.19. The van der Waals surface area contributed by atoms with Crippen molar-refractivity contribution in [1.82, 2.24) is 9.97 Å². The number of aliphatic hydroxyl groups is 1. The normalized spacial score (nSPS) is 10.5. The van der Waals surface area contributed by atoms with E-state index >= 15 is 0 Å². The van der Waals surface area contributed by atoms with E-state index in [2.05, 4.69) is 32.6 Å². The third kappa shape index (κ3) is 4.58. The quantitative estimate of drug-likeness (QED) is 0.501. The maximum absolute atomic E-state index is 9.12. The average molecular weight is 479 g/mol. The number of hydrogen-bond donors (Lipinski definition) is 2. The van der Waals surface area contributed by atoms with Crippen LogP contribution in [0.4, 0.5) is 5.82 Å². The fourth-order valence-corrected chi connectivity index (χ4v) is 2.68. The van der Waals surface area contributed by atoms with Gasteiger partial charge in [-0.25, -0.2) is 4.98 Å². The Balaban J connectivity index is 2.03. The van der Waals surface area contributed by atoms with Gasteiger partial charge in [0.25, 0.3) is 5.88 Å². The fourth-order valence-electron chi connectivity index (χ4n) is 2.32. The maximum Gasteiger partial charge on any atom is 0.263 e. The minimum atomic E-state index is -0.170. The zero-order chi connectivity index (χ0) is 19.2. The molecule has 3 aromatic rings. The second-order valence-electron chi connectivity index (χ2n) is 5.40. The second-order valence-corrected chi connectivity index (χ2v) is 6.64. The molecule has 0 spiro atoms. The highest BCUT2D eigenvalue weighted by atomic mass is 127. The maximum atomic E-state index is 9.12. The second kappa shape index (κ2) is 8.87. The molecule has 0 fully saturated rings. The van der Waals surface area contributed by atoms with Crippen LogP contribution >= 0.6 is 22.6 Å². The summed E-state index contributed by atoms with van der Waals surface area (Å²) in [6.45, 7) is -0.123. The molecule has 1 heterocycles. The summed E-state index contributed by atoms with van der Waals surface area (Å²) in [7, 11) is 1.55. The molecule has 3 N–H and O–H groups in total. The van der Waals surface area contributed by atoms with Crippen LogP contribution in [0.15, 0.2) is 48.5 Å². The van der Waals surface area contributed by atoms with Crippen LogP contribution in [0.2, 0.25) is 0 Å². The Labute approximate surface area is 170 Å². The zero-order valence-corrected chi connectivity index (χ0v) is 16.7. The first-order valence-electron chi connectivity index (χ1n) is 8.10. The van der Waals surface area contributed by atoms with Crippen molar-refractivity contribution >= 4 is 28.4 Å². The molecular weight excluding hydrogens is 461 g/mol. The van der Waals surface area contributed by atoms with E-state index in [0.29, 0.717) is 17.3 Å². The van der Waals surface area contributed by atoms with E-state index < -0.39 is 0 Å². The van der Waals surface area contributed by atoms with E-state index in [1.165, 1.54) is 0 Å².